The van der Waals surface area contributed by atoms with Gasteiger partial charge in [-0.3, -0.25) is 4.79 Å². The SMILES string of the molecule is CCOc1ccc([C@H]2C3=C(C[C@H](c4cccs4)CC3=O)Nc3cc(OC)c(OC)cc32)cc1. The van der Waals surface area contributed by atoms with Gasteiger partial charge in [0.25, 0.3) is 0 Å². The van der Waals surface area contributed by atoms with Crippen molar-refractivity contribution in [2.45, 2.75) is 31.6 Å². The molecule has 170 valence electrons. The first-order valence-electron chi connectivity index (χ1n) is 11.2. The Bertz CT molecular complexity index is 1200. The van der Waals surface area contributed by atoms with Gasteiger partial charge in [-0.2, -0.15) is 0 Å². The number of carbonyl (C=O) groups excluding carboxylic acids is 1. The second-order valence-corrected chi connectivity index (χ2v) is 9.27. The van der Waals surface area contributed by atoms with Crippen molar-refractivity contribution in [3.63, 3.8) is 0 Å². The monoisotopic (exact) mass is 461 g/mol. The molecule has 0 spiro atoms. The number of hydrogen-bond donors (Lipinski definition) is 1. The lowest BCUT2D eigenvalue weighted by Crippen LogP contribution is -2.29. The highest BCUT2D eigenvalue weighted by atomic mass is 32.1. The van der Waals surface area contributed by atoms with E-state index in [2.05, 4.69) is 35.0 Å². The molecule has 2 aliphatic rings. The molecular formula is C27H27NO4S. The number of anilines is 1. The molecule has 0 saturated heterocycles. The lowest BCUT2D eigenvalue weighted by atomic mass is 9.73. The van der Waals surface area contributed by atoms with Crippen molar-refractivity contribution >= 4 is 22.8 Å². The first-order valence-corrected chi connectivity index (χ1v) is 12.1. The fourth-order valence-electron chi connectivity index (χ4n) is 4.94. The Kier molecular flexibility index (Phi) is 5.85. The number of methoxy groups -OCH3 is 2. The van der Waals surface area contributed by atoms with E-state index in [1.54, 1.807) is 25.6 Å². The minimum Gasteiger partial charge on any atom is -0.494 e. The van der Waals surface area contributed by atoms with Crippen molar-refractivity contribution in [3.8, 4) is 17.2 Å². The van der Waals surface area contributed by atoms with E-state index in [0.717, 1.165) is 40.3 Å². The van der Waals surface area contributed by atoms with E-state index < -0.39 is 0 Å². The predicted molar refractivity (Wildman–Crippen MR) is 131 cm³/mol. The molecule has 5 rings (SSSR count). The fourth-order valence-corrected chi connectivity index (χ4v) is 5.77. The summed E-state index contributed by atoms with van der Waals surface area (Å²) >= 11 is 1.72. The summed E-state index contributed by atoms with van der Waals surface area (Å²) in [4.78, 5) is 14.9. The minimum absolute atomic E-state index is 0.177. The number of benzene rings is 2. The summed E-state index contributed by atoms with van der Waals surface area (Å²) in [6.07, 6.45) is 1.33. The third-order valence-electron chi connectivity index (χ3n) is 6.42. The van der Waals surface area contributed by atoms with Crippen molar-refractivity contribution in [1.29, 1.82) is 0 Å². The van der Waals surface area contributed by atoms with Crippen molar-refractivity contribution in [3.05, 3.63) is 81.2 Å². The van der Waals surface area contributed by atoms with Crippen LogP contribution in [0, 0.1) is 0 Å². The second kappa shape index (κ2) is 8.94. The average molecular weight is 462 g/mol. The Labute approximate surface area is 198 Å². The quantitative estimate of drug-likeness (QED) is 0.479. The molecule has 0 unspecified atom stereocenters. The maximum atomic E-state index is 13.6. The van der Waals surface area contributed by atoms with E-state index in [9.17, 15) is 4.79 Å². The first-order chi connectivity index (χ1) is 16.1. The van der Waals surface area contributed by atoms with Crippen LogP contribution in [0.2, 0.25) is 0 Å². The lowest BCUT2D eigenvalue weighted by molar-refractivity contribution is -0.116. The summed E-state index contributed by atoms with van der Waals surface area (Å²) < 4.78 is 16.8. The molecule has 0 amide bonds. The van der Waals surface area contributed by atoms with Crippen LogP contribution in [-0.2, 0) is 4.79 Å². The van der Waals surface area contributed by atoms with Crippen molar-refractivity contribution in [2.75, 3.05) is 26.1 Å². The van der Waals surface area contributed by atoms with Crippen LogP contribution < -0.4 is 19.5 Å². The number of carbonyl (C=O) groups is 1. The van der Waals surface area contributed by atoms with Gasteiger partial charge in [-0.1, -0.05) is 18.2 Å². The first kappa shape index (κ1) is 21.6. The highest BCUT2D eigenvalue weighted by Crippen LogP contribution is 2.50. The largest absolute Gasteiger partial charge is 0.494 e. The average Bonchev–Trinajstić information content (AvgIpc) is 3.38. The molecule has 6 heteroatoms. The van der Waals surface area contributed by atoms with Crippen LogP contribution in [0.4, 0.5) is 5.69 Å². The molecule has 2 heterocycles. The Morgan fingerprint density at radius 3 is 2.45 bits per heavy atom. The van der Waals surface area contributed by atoms with E-state index in [1.807, 2.05) is 31.2 Å². The maximum Gasteiger partial charge on any atom is 0.162 e. The number of thiophene rings is 1. The molecule has 1 N–H and O–H groups in total. The van der Waals surface area contributed by atoms with Crippen LogP contribution in [0.15, 0.2) is 65.2 Å². The van der Waals surface area contributed by atoms with Crippen molar-refractivity contribution < 1.29 is 19.0 Å². The number of allylic oxidation sites excluding steroid dienone is 2. The van der Waals surface area contributed by atoms with E-state index in [-0.39, 0.29) is 17.6 Å². The molecule has 5 nitrogen and oxygen atoms in total. The van der Waals surface area contributed by atoms with E-state index in [0.29, 0.717) is 24.5 Å². The van der Waals surface area contributed by atoms with Gasteiger partial charge in [0, 0.05) is 46.2 Å². The normalized spacial score (nSPS) is 19.4. The number of fused-ring (bicyclic) bond motifs is 1. The summed E-state index contributed by atoms with van der Waals surface area (Å²) in [7, 11) is 3.27. The molecule has 33 heavy (non-hydrogen) atoms. The smallest absolute Gasteiger partial charge is 0.162 e. The fraction of sp³-hybridized carbons (Fsp3) is 0.296. The summed E-state index contributed by atoms with van der Waals surface area (Å²) in [5.41, 5.74) is 4.88. The topological polar surface area (TPSA) is 56.8 Å². The minimum atomic E-state index is -0.177. The molecule has 0 fully saturated rings. The maximum absolute atomic E-state index is 13.6. The van der Waals surface area contributed by atoms with Gasteiger partial charge in [-0.15, -0.1) is 11.3 Å². The van der Waals surface area contributed by atoms with Gasteiger partial charge in [0.2, 0.25) is 0 Å². The van der Waals surface area contributed by atoms with E-state index >= 15 is 0 Å². The Balaban J connectivity index is 1.64. The van der Waals surface area contributed by atoms with Gasteiger partial charge in [0.15, 0.2) is 17.3 Å². The van der Waals surface area contributed by atoms with Crippen molar-refractivity contribution in [1.82, 2.24) is 0 Å². The Hall–Kier alpha value is -3.25. The van der Waals surface area contributed by atoms with Crippen LogP contribution in [-0.4, -0.2) is 26.6 Å². The number of nitrogens with one attached hydrogen (secondary N) is 1. The number of Topliss-reactive ketones (excluding diaryl/α,β-unsaturated/α-hetero) is 1. The third-order valence-corrected chi connectivity index (χ3v) is 7.45. The van der Waals surface area contributed by atoms with Crippen LogP contribution in [0.25, 0.3) is 0 Å². The van der Waals surface area contributed by atoms with Crippen LogP contribution in [0.1, 0.15) is 47.6 Å². The second-order valence-electron chi connectivity index (χ2n) is 8.29. The molecule has 2 atom stereocenters. The zero-order valence-electron chi connectivity index (χ0n) is 19.0. The highest BCUT2D eigenvalue weighted by molar-refractivity contribution is 7.10. The summed E-state index contributed by atoms with van der Waals surface area (Å²) in [5, 5.41) is 5.66. The van der Waals surface area contributed by atoms with Gasteiger partial charge in [-0.05, 0) is 54.1 Å². The zero-order chi connectivity index (χ0) is 22.9. The summed E-state index contributed by atoms with van der Waals surface area (Å²) in [6.45, 7) is 2.59. The summed E-state index contributed by atoms with van der Waals surface area (Å²) in [6, 6.07) is 16.2. The standard InChI is InChI=1S/C27H27NO4S/c1-4-32-18-9-7-16(8-10-18)26-19-14-23(30-2)24(31-3)15-20(19)28-21-12-17(13-22(29)27(21)26)25-6-5-11-33-25/h5-11,14-15,17,26,28H,4,12-13H2,1-3H3/t17-,26+/m0/s1. The number of hydrogen-bond acceptors (Lipinski definition) is 6. The van der Waals surface area contributed by atoms with E-state index in [4.69, 9.17) is 14.2 Å². The van der Waals surface area contributed by atoms with E-state index in [1.165, 1.54) is 4.88 Å². The van der Waals surface area contributed by atoms with Crippen molar-refractivity contribution in [2.24, 2.45) is 0 Å². The number of ketones is 1. The Morgan fingerprint density at radius 1 is 1.03 bits per heavy atom. The molecule has 0 saturated carbocycles. The molecule has 0 radical (unpaired) electrons. The van der Waals surface area contributed by atoms with Gasteiger partial charge >= 0.3 is 0 Å². The molecule has 3 aromatic rings. The third kappa shape index (κ3) is 3.89. The van der Waals surface area contributed by atoms with Gasteiger partial charge in [0.1, 0.15) is 5.75 Å². The molecule has 1 aliphatic heterocycles. The Morgan fingerprint density at radius 2 is 1.79 bits per heavy atom. The zero-order valence-corrected chi connectivity index (χ0v) is 19.8. The number of ether oxygens (including phenoxy) is 3. The predicted octanol–water partition coefficient (Wildman–Crippen LogP) is 6.12. The molecule has 1 aliphatic carbocycles. The van der Waals surface area contributed by atoms with Gasteiger partial charge < -0.3 is 19.5 Å². The molecular weight excluding hydrogens is 434 g/mol. The lowest BCUT2D eigenvalue weighted by Gasteiger charge is -2.36. The number of rotatable bonds is 6. The van der Waals surface area contributed by atoms with Crippen LogP contribution >= 0.6 is 11.3 Å². The van der Waals surface area contributed by atoms with Gasteiger partial charge in [0.05, 0.1) is 20.8 Å². The molecule has 1 aromatic heterocycles. The molecule has 0 bridgehead atoms. The van der Waals surface area contributed by atoms with Crippen LogP contribution in [0.5, 0.6) is 17.2 Å². The molecule has 2 aromatic carbocycles. The van der Waals surface area contributed by atoms with Crippen LogP contribution in [0.3, 0.4) is 0 Å². The van der Waals surface area contributed by atoms with Gasteiger partial charge in [-0.25, -0.2) is 0 Å². The highest BCUT2D eigenvalue weighted by Gasteiger charge is 2.39. The summed E-state index contributed by atoms with van der Waals surface area (Å²) in [5.74, 6) is 2.36.